The molecule has 1 unspecified atom stereocenters. The van der Waals surface area contributed by atoms with Crippen LogP contribution < -0.4 is 5.32 Å². The van der Waals surface area contributed by atoms with Crippen molar-refractivity contribution in [3.8, 4) is 6.07 Å². The van der Waals surface area contributed by atoms with Crippen molar-refractivity contribution in [2.45, 2.75) is 32.2 Å². The number of alkyl halides is 4. The molecule has 86 valence electrons. The van der Waals surface area contributed by atoms with Crippen molar-refractivity contribution < 1.29 is 22.4 Å². The fraction of sp³-hybridized carbons (Fsp3) is 0.750. The maximum absolute atomic E-state index is 12.4. The molecule has 0 aromatic heterocycles. The van der Waals surface area contributed by atoms with Gasteiger partial charge in [-0.15, -0.1) is 0 Å². The molecule has 3 nitrogen and oxygen atoms in total. The van der Waals surface area contributed by atoms with E-state index < -0.39 is 30.2 Å². The zero-order chi connectivity index (χ0) is 12.2. The van der Waals surface area contributed by atoms with Crippen LogP contribution in [0.25, 0.3) is 0 Å². The quantitative estimate of drug-likeness (QED) is 0.739. The number of nitriles is 1. The molecule has 1 atom stereocenters. The molecule has 0 aromatic carbocycles. The Balaban J connectivity index is 4.56. The number of hydrogen-bond acceptors (Lipinski definition) is 2. The molecule has 0 aromatic rings. The molecule has 0 spiro atoms. The summed E-state index contributed by atoms with van der Waals surface area (Å²) in [5.41, 5.74) is 0. The van der Waals surface area contributed by atoms with Crippen LogP contribution in [0.4, 0.5) is 17.6 Å². The number of nitrogens with zero attached hydrogens (tertiary/aromatic N) is 1. The Morgan fingerprint density at radius 2 is 1.87 bits per heavy atom. The van der Waals surface area contributed by atoms with Gasteiger partial charge < -0.3 is 5.32 Å². The van der Waals surface area contributed by atoms with Crippen molar-refractivity contribution in [2.24, 2.45) is 5.92 Å². The van der Waals surface area contributed by atoms with Crippen LogP contribution in [0, 0.1) is 17.2 Å². The second kappa shape index (κ2) is 4.96. The lowest BCUT2D eigenvalue weighted by atomic mass is 10.1. The van der Waals surface area contributed by atoms with Crippen molar-refractivity contribution >= 4 is 5.91 Å². The molecule has 0 fully saturated rings. The minimum absolute atomic E-state index is 0.438. The van der Waals surface area contributed by atoms with Gasteiger partial charge in [-0.25, -0.2) is 8.78 Å². The molecule has 0 heterocycles. The molecule has 1 amide bonds. The highest BCUT2D eigenvalue weighted by Crippen LogP contribution is 2.23. The van der Waals surface area contributed by atoms with Crippen molar-refractivity contribution in [3.05, 3.63) is 0 Å². The number of rotatable bonds is 4. The highest BCUT2D eigenvalue weighted by Gasteiger charge is 2.49. The fourth-order valence-electron chi connectivity index (χ4n) is 0.685. The standard InChI is InChI=1S/C8H10F4N2O/c1-4(2)5(3-13)14-7(15)8(11,12)6(9)10/h4-6H,1-2H3,(H,14,15). The van der Waals surface area contributed by atoms with Gasteiger partial charge in [-0.3, -0.25) is 4.79 Å². The third-order valence-electron chi connectivity index (χ3n) is 1.67. The smallest absolute Gasteiger partial charge is 0.335 e. The van der Waals surface area contributed by atoms with E-state index in [0.29, 0.717) is 0 Å². The Kier molecular flexibility index (Phi) is 4.52. The molecule has 0 radical (unpaired) electrons. The second-order valence-electron chi connectivity index (χ2n) is 3.25. The van der Waals surface area contributed by atoms with Crippen LogP contribution in [0.1, 0.15) is 13.8 Å². The lowest BCUT2D eigenvalue weighted by molar-refractivity contribution is -0.170. The molecule has 0 aliphatic heterocycles. The molecular weight excluding hydrogens is 216 g/mol. The monoisotopic (exact) mass is 226 g/mol. The van der Waals surface area contributed by atoms with E-state index in [-0.39, 0.29) is 0 Å². The van der Waals surface area contributed by atoms with Crippen LogP contribution in [0.2, 0.25) is 0 Å². The summed E-state index contributed by atoms with van der Waals surface area (Å²) in [5, 5.41) is 10.0. The Morgan fingerprint density at radius 3 is 2.13 bits per heavy atom. The zero-order valence-electron chi connectivity index (χ0n) is 8.10. The summed E-state index contributed by atoms with van der Waals surface area (Å²) in [5.74, 6) is -7.32. The highest BCUT2D eigenvalue weighted by atomic mass is 19.3. The van der Waals surface area contributed by atoms with E-state index in [0.717, 1.165) is 0 Å². The summed E-state index contributed by atoms with van der Waals surface area (Å²) in [7, 11) is 0. The first-order valence-electron chi connectivity index (χ1n) is 4.10. The van der Waals surface area contributed by atoms with Crippen molar-refractivity contribution in [1.82, 2.24) is 5.32 Å². The Labute approximate surface area is 84.1 Å². The minimum Gasteiger partial charge on any atom is -0.335 e. The SMILES string of the molecule is CC(C)C(C#N)NC(=O)C(F)(F)C(F)F. The molecule has 7 heteroatoms. The summed E-state index contributed by atoms with van der Waals surface area (Å²) in [6.45, 7) is 2.99. The summed E-state index contributed by atoms with van der Waals surface area (Å²) >= 11 is 0. The average Bonchev–Trinajstić information content (AvgIpc) is 2.12. The summed E-state index contributed by atoms with van der Waals surface area (Å²) in [6, 6.07) is 0.327. The van der Waals surface area contributed by atoms with E-state index >= 15 is 0 Å². The molecular formula is C8H10F4N2O. The fourth-order valence-corrected chi connectivity index (χ4v) is 0.685. The maximum Gasteiger partial charge on any atom is 0.383 e. The number of carbonyl (C=O) groups excluding carboxylic acids is 1. The van der Waals surface area contributed by atoms with Crippen LogP contribution in [0.15, 0.2) is 0 Å². The zero-order valence-corrected chi connectivity index (χ0v) is 8.10. The first-order valence-corrected chi connectivity index (χ1v) is 4.10. The van der Waals surface area contributed by atoms with Gasteiger partial charge >= 0.3 is 12.3 Å². The number of carbonyl (C=O) groups is 1. The third kappa shape index (κ3) is 3.38. The van der Waals surface area contributed by atoms with Crippen LogP contribution >= 0.6 is 0 Å². The summed E-state index contributed by atoms with van der Waals surface area (Å²) in [4.78, 5) is 10.7. The molecule has 0 bridgehead atoms. The highest BCUT2D eigenvalue weighted by molar-refractivity contribution is 5.84. The van der Waals surface area contributed by atoms with E-state index in [1.54, 1.807) is 5.32 Å². The average molecular weight is 226 g/mol. The van der Waals surface area contributed by atoms with Crippen molar-refractivity contribution in [3.63, 3.8) is 0 Å². The topological polar surface area (TPSA) is 52.9 Å². The van der Waals surface area contributed by atoms with Crippen molar-refractivity contribution in [1.29, 1.82) is 5.26 Å². The van der Waals surface area contributed by atoms with Gasteiger partial charge in [0.05, 0.1) is 6.07 Å². The normalized spacial score (nSPS) is 13.8. The summed E-state index contributed by atoms with van der Waals surface area (Å²) < 4.78 is 48.3. The van der Waals surface area contributed by atoms with Gasteiger partial charge in [-0.2, -0.15) is 14.0 Å². The Hall–Kier alpha value is -1.32. The predicted molar refractivity (Wildman–Crippen MR) is 43.3 cm³/mol. The maximum atomic E-state index is 12.4. The number of nitrogens with one attached hydrogen (secondary N) is 1. The van der Waals surface area contributed by atoms with E-state index in [2.05, 4.69) is 0 Å². The third-order valence-corrected chi connectivity index (χ3v) is 1.67. The molecule has 15 heavy (non-hydrogen) atoms. The largest absolute Gasteiger partial charge is 0.383 e. The molecule has 1 N–H and O–H groups in total. The minimum atomic E-state index is -4.76. The predicted octanol–water partition coefficient (Wildman–Crippen LogP) is 1.55. The Bertz CT molecular complexity index is 272. The number of hydrogen-bond donors (Lipinski definition) is 1. The lowest BCUT2D eigenvalue weighted by Crippen LogP contribution is -2.49. The van der Waals surface area contributed by atoms with E-state index in [9.17, 15) is 22.4 Å². The number of halogens is 4. The summed E-state index contributed by atoms with van der Waals surface area (Å²) in [6.07, 6.45) is -4.08. The van der Waals surface area contributed by atoms with Gasteiger partial charge in [0.2, 0.25) is 0 Å². The van der Waals surface area contributed by atoms with Gasteiger partial charge in [0.15, 0.2) is 0 Å². The number of amides is 1. The van der Waals surface area contributed by atoms with Crippen LogP contribution in [0.5, 0.6) is 0 Å². The van der Waals surface area contributed by atoms with Crippen molar-refractivity contribution in [2.75, 3.05) is 0 Å². The van der Waals surface area contributed by atoms with E-state index in [1.807, 2.05) is 0 Å². The van der Waals surface area contributed by atoms with E-state index in [4.69, 9.17) is 5.26 Å². The Morgan fingerprint density at radius 1 is 1.40 bits per heavy atom. The van der Waals surface area contributed by atoms with Crippen LogP contribution in [0.3, 0.4) is 0 Å². The molecule has 0 aliphatic rings. The van der Waals surface area contributed by atoms with Gasteiger partial charge in [-0.1, -0.05) is 13.8 Å². The first-order chi connectivity index (χ1) is 6.73. The first kappa shape index (κ1) is 13.7. The van der Waals surface area contributed by atoms with E-state index in [1.165, 1.54) is 19.9 Å². The lowest BCUT2D eigenvalue weighted by Gasteiger charge is -2.19. The molecule has 0 aliphatic carbocycles. The molecule has 0 rings (SSSR count). The molecule has 0 saturated heterocycles. The van der Waals surface area contributed by atoms with Gasteiger partial charge in [0.25, 0.3) is 5.91 Å². The van der Waals surface area contributed by atoms with Gasteiger partial charge in [0, 0.05) is 0 Å². The van der Waals surface area contributed by atoms with Gasteiger partial charge in [0.1, 0.15) is 6.04 Å². The van der Waals surface area contributed by atoms with Gasteiger partial charge in [-0.05, 0) is 5.92 Å². The second-order valence-corrected chi connectivity index (χ2v) is 3.25. The van der Waals surface area contributed by atoms with Crippen LogP contribution in [-0.2, 0) is 4.79 Å². The molecule has 0 saturated carbocycles. The van der Waals surface area contributed by atoms with Crippen LogP contribution in [-0.4, -0.2) is 24.3 Å².